The van der Waals surface area contributed by atoms with Crippen LogP contribution in [0.3, 0.4) is 0 Å². The van der Waals surface area contributed by atoms with Crippen molar-refractivity contribution in [1.29, 1.82) is 0 Å². The van der Waals surface area contributed by atoms with E-state index in [-0.39, 0.29) is 5.75 Å². The lowest BCUT2D eigenvalue weighted by atomic mass is 10.0. The third-order valence-corrected chi connectivity index (χ3v) is 3.39. The Morgan fingerprint density at radius 2 is 1.86 bits per heavy atom. The molecule has 0 atom stereocenters. The van der Waals surface area contributed by atoms with Gasteiger partial charge in [0, 0.05) is 10.6 Å². The van der Waals surface area contributed by atoms with Crippen molar-refractivity contribution in [3.63, 3.8) is 0 Å². The first-order valence-corrected chi connectivity index (χ1v) is 6.87. The highest BCUT2D eigenvalue weighted by Gasteiger charge is 2.03. The topological polar surface area (TPSA) is 44.6 Å². The number of benzene rings is 3. The lowest BCUT2D eigenvalue weighted by molar-refractivity contribution is 0.475. The molecule has 0 saturated heterocycles. The number of nitrogens with one attached hydrogen (secondary N) is 1. The van der Waals surface area contributed by atoms with E-state index in [2.05, 4.69) is 10.5 Å². The molecule has 0 aliphatic carbocycles. The highest BCUT2D eigenvalue weighted by atomic mass is 35.5. The summed E-state index contributed by atoms with van der Waals surface area (Å²) in [6, 6.07) is 18.7. The fourth-order valence-corrected chi connectivity index (χ4v) is 2.34. The number of fused-ring (bicyclic) bond motifs is 1. The summed E-state index contributed by atoms with van der Waals surface area (Å²) in [6.45, 7) is 0. The highest BCUT2D eigenvalue weighted by molar-refractivity contribution is 6.30. The molecule has 0 amide bonds. The maximum atomic E-state index is 10.0. The van der Waals surface area contributed by atoms with E-state index in [1.54, 1.807) is 24.4 Å². The van der Waals surface area contributed by atoms with Gasteiger partial charge in [-0.3, -0.25) is 5.43 Å². The largest absolute Gasteiger partial charge is 0.507 e. The van der Waals surface area contributed by atoms with Gasteiger partial charge in [0.25, 0.3) is 0 Å². The van der Waals surface area contributed by atoms with E-state index in [1.807, 2.05) is 42.5 Å². The van der Waals surface area contributed by atoms with E-state index in [1.165, 1.54) is 0 Å². The number of aromatic hydroxyl groups is 1. The Kier molecular flexibility index (Phi) is 3.75. The molecule has 3 aromatic carbocycles. The maximum Gasteiger partial charge on any atom is 0.125 e. The number of halogens is 1. The quantitative estimate of drug-likeness (QED) is 0.546. The molecule has 21 heavy (non-hydrogen) atoms. The summed E-state index contributed by atoms with van der Waals surface area (Å²) in [5.41, 5.74) is 4.37. The minimum Gasteiger partial charge on any atom is -0.507 e. The van der Waals surface area contributed by atoms with Crippen molar-refractivity contribution < 1.29 is 5.11 Å². The minimum atomic E-state index is 0.199. The molecule has 3 rings (SSSR count). The standard InChI is InChI=1S/C17H13ClN2O/c18-13-5-3-6-14(10-13)20-19-11-16-15-7-2-1-4-12(15)8-9-17(16)21/h1-11,20-21H/b19-11+. The smallest absolute Gasteiger partial charge is 0.125 e. The molecule has 0 saturated carbocycles. The molecule has 0 fully saturated rings. The van der Waals surface area contributed by atoms with Gasteiger partial charge in [0.2, 0.25) is 0 Å². The molecule has 0 unspecified atom stereocenters. The number of rotatable bonds is 3. The first-order valence-electron chi connectivity index (χ1n) is 6.49. The van der Waals surface area contributed by atoms with Crippen LogP contribution in [0.4, 0.5) is 5.69 Å². The van der Waals surface area contributed by atoms with Gasteiger partial charge in [-0.05, 0) is 35.0 Å². The van der Waals surface area contributed by atoms with Gasteiger partial charge in [-0.2, -0.15) is 5.10 Å². The minimum absolute atomic E-state index is 0.199. The van der Waals surface area contributed by atoms with Crippen LogP contribution in [0, 0.1) is 0 Å². The lowest BCUT2D eigenvalue weighted by Crippen LogP contribution is -1.92. The number of hydrazone groups is 1. The molecule has 4 heteroatoms. The molecule has 104 valence electrons. The van der Waals surface area contributed by atoms with Crippen LogP contribution in [0.25, 0.3) is 10.8 Å². The first-order chi connectivity index (χ1) is 10.2. The number of phenols is 1. The van der Waals surface area contributed by atoms with Crippen molar-refractivity contribution in [1.82, 2.24) is 0 Å². The Morgan fingerprint density at radius 1 is 1.00 bits per heavy atom. The zero-order valence-electron chi connectivity index (χ0n) is 11.1. The molecule has 0 heterocycles. The van der Waals surface area contributed by atoms with Gasteiger partial charge in [0.05, 0.1) is 11.9 Å². The summed E-state index contributed by atoms with van der Waals surface area (Å²) in [4.78, 5) is 0. The van der Waals surface area contributed by atoms with Crippen LogP contribution in [0.2, 0.25) is 5.02 Å². The number of anilines is 1. The van der Waals surface area contributed by atoms with E-state index in [0.29, 0.717) is 10.6 Å². The average Bonchev–Trinajstić information content (AvgIpc) is 2.50. The van der Waals surface area contributed by atoms with E-state index in [9.17, 15) is 5.11 Å². The Morgan fingerprint density at radius 3 is 2.71 bits per heavy atom. The van der Waals surface area contributed by atoms with E-state index in [0.717, 1.165) is 16.5 Å². The molecule has 0 bridgehead atoms. The summed E-state index contributed by atoms with van der Waals surface area (Å²) in [6.07, 6.45) is 1.61. The van der Waals surface area contributed by atoms with Gasteiger partial charge in [0.15, 0.2) is 0 Å². The van der Waals surface area contributed by atoms with E-state index in [4.69, 9.17) is 11.6 Å². The normalized spacial score (nSPS) is 11.1. The van der Waals surface area contributed by atoms with Crippen molar-refractivity contribution >= 4 is 34.3 Å². The predicted octanol–water partition coefficient (Wildman–Crippen LogP) is 4.64. The van der Waals surface area contributed by atoms with E-state index < -0.39 is 0 Å². The number of hydrogen-bond donors (Lipinski definition) is 2. The van der Waals surface area contributed by atoms with Crippen molar-refractivity contribution in [2.75, 3.05) is 5.43 Å². The van der Waals surface area contributed by atoms with Gasteiger partial charge >= 0.3 is 0 Å². The fourth-order valence-electron chi connectivity index (χ4n) is 2.15. The Balaban J connectivity index is 1.91. The van der Waals surface area contributed by atoms with Gasteiger partial charge in [-0.15, -0.1) is 0 Å². The molecule has 0 aromatic heterocycles. The third kappa shape index (κ3) is 2.98. The van der Waals surface area contributed by atoms with Crippen LogP contribution >= 0.6 is 11.6 Å². The average molecular weight is 297 g/mol. The highest BCUT2D eigenvalue weighted by Crippen LogP contribution is 2.25. The predicted molar refractivity (Wildman–Crippen MR) is 88.3 cm³/mol. The number of hydrogen-bond acceptors (Lipinski definition) is 3. The Bertz CT molecular complexity index is 815. The van der Waals surface area contributed by atoms with Crippen LogP contribution in [0.15, 0.2) is 65.8 Å². The van der Waals surface area contributed by atoms with Crippen LogP contribution in [-0.2, 0) is 0 Å². The molecule has 2 N–H and O–H groups in total. The molecule has 3 aromatic rings. The molecule has 0 aliphatic rings. The van der Waals surface area contributed by atoms with Crippen molar-refractivity contribution in [3.05, 3.63) is 71.2 Å². The zero-order valence-corrected chi connectivity index (χ0v) is 11.9. The van der Waals surface area contributed by atoms with Crippen LogP contribution in [-0.4, -0.2) is 11.3 Å². The molecule has 0 radical (unpaired) electrons. The Hall–Kier alpha value is -2.52. The van der Waals surface area contributed by atoms with Gasteiger partial charge < -0.3 is 5.11 Å². The van der Waals surface area contributed by atoms with Crippen molar-refractivity contribution in [3.8, 4) is 5.75 Å². The SMILES string of the molecule is Oc1ccc2ccccc2c1/C=N/Nc1cccc(Cl)c1. The second kappa shape index (κ2) is 5.85. The zero-order chi connectivity index (χ0) is 14.7. The van der Waals surface area contributed by atoms with Crippen molar-refractivity contribution in [2.45, 2.75) is 0 Å². The maximum absolute atomic E-state index is 10.0. The molecular weight excluding hydrogens is 284 g/mol. The summed E-state index contributed by atoms with van der Waals surface area (Å²) in [5, 5.41) is 16.8. The first kappa shape index (κ1) is 13.5. The number of phenolic OH excluding ortho intramolecular Hbond substituents is 1. The van der Waals surface area contributed by atoms with Gasteiger partial charge in [0.1, 0.15) is 5.75 Å². The summed E-state index contributed by atoms with van der Waals surface area (Å²) < 4.78 is 0. The van der Waals surface area contributed by atoms with E-state index >= 15 is 0 Å². The molecule has 0 aliphatic heterocycles. The second-order valence-electron chi connectivity index (χ2n) is 4.60. The third-order valence-electron chi connectivity index (χ3n) is 3.16. The number of nitrogens with zero attached hydrogens (tertiary/aromatic N) is 1. The molecular formula is C17H13ClN2O. The molecule has 0 spiro atoms. The second-order valence-corrected chi connectivity index (χ2v) is 5.04. The van der Waals surface area contributed by atoms with Crippen molar-refractivity contribution in [2.24, 2.45) is 5.10 Å². The monoisotopic (exact) mass is 296 g/mol. The summed E-state index contributed by atoms with van der Waals surface area (Å²) in [5.74, 6) is 0.199. The van der Waals surface area contributed by atoms with Gasteiger partial charge in [-0.1, -0.05) is 48.0 Å². The van der Waals surface area contributed by atoms with Crippen LogP contribution in [0.1, 0.15) is 5.56 Å². The lowest BCUT2D eigenvalue weighted by Gasteiger charge is -2.05. The molecule has 3 nitrogen and oxygen atoms in total. The Labute approximate surface area is 127 Å². The van der Waals surface area contributed by atoms with Crippen LogP contribution in [0.5, 0.6) is 5.75 Å². The fraction of sp³-hybridized carbons (Fsp3) is 0. The van der Waals surface area contributed by atoms with Gasteiger partial charge in [-0.25, -0.2) is 0 Å². The summed E-state index contributed by atoms with van der Waals surface area (Å²) >= 11 is 5.91. The van der Waals surface area contributed by atoms with Crippen LogP contribution < -0.4 is 5.43 Å². The summed E-state index contributed by atoms with van der Waals surface area (Å²) in [7, 11) is 0.